The summed E-state index contributed by atoms with van der Waals surface area (Å²) in [4.78, 5) is 19.2. The molecule has 1 atom stereocenters. The van der Waals surface area contributed by atoms with Crippen molar-refractivity contribution >= 4 is 5.91 Å². The lowest BCUT2D eigenvalue weighted by Crippen LogP contribution is -2.39. The highest BCUT2D eigenvalue weighted by atomic mass is 16.2. The number of carbonyl (C=O) groups excluding carboxylic acids is 1. The van der Waals surface area contributed by atoms with Crippen LogP contribution in [0.15, 0.2) is 61.1 Å². The highest BCUT2D eigenvalue weighted by molar-refractivity contribution is 5.94. The van der Waals surface area contributed by atoms with Crippen LogP contribution in [0.2, 0.25) is 0 Å². The van der Waals surface area contributed by atoms with Crippen molar-refractivity contribution in [3.8, 4) is 11.1 Å². The molecule has 0 spiro atoms. The van der Waals surface area contributed by atoms with Gasteiger partial charge in [0.15, 0.2) is 0 Å². The molecule has 1 fully saturated rings. The number of piperidine rings is 1. The van der Waals surface area contributed by atoms with E-state index in [2.05, 4.69) is 4.98 Å². The van der Waals surface area contributed by atoms with Crippen LogP contribution in [0.5, 0.6) is 0 Å². The van der Waals surface area contributed by atoms with E-state index >= 15 is 0 Å². The number of nitrogens with zero attached hydrogens (tertiary/aromatic N) is 4. The molecular formula is C21H22N4O. The van der Waals surface area contributed by atoms with Gasteiger partial charge < -0.3 is 4.90 Å². The van der Waals surface area contributed by atoms with Crippen molar-refractivity contribution in [3.05, 3.63) is 72.3 Å². The molecule has 5 nitrogen and oxygen atoms in total. The molecule has 132 valence electrons. The molecule has 0 N–H and O–H groups in total. The third-order valence-corrected chi connectivity index (χ3v) is 4.95. The number of carbonyl (C=O) groups is 1. The van der Waals surface area contributed by atoms with Crippen LogP contribution < -0.4 is 0 Å². The summed E-state index contributed by atoms with van der Waals surface area (Å²) in [5.74, 6) is 0.0848. The lowest BCUT2D eigenvalue weighted by molar-refractivity contribution is 0.0606. The van der Waals surface area contributed by atoms with Crippen LogP contribution in [0.1, 0.15) is 41.4 Å². The highest BCUT2D eigenvalue weighted by Gasteiger charge is 2.32. The van der Waals surface area contributed by atoms with Gasteiger partial charge in [-0.3, -0.25) is 14.5 Å². The van der Waals surface area contributed by atoms with E-state index in [0.717, 1.165) is 48.2 Å². The van der Waals surface area contributed by atoms with Crippen molar-refractivity contribution in [3.63, 3.8) is 0 Å². The molecule has 0 saturated carbocycles. The maximum absolute atomic E-state index is 13.1. The summed E-state index contributed by atoms with van der Waals surface area (Å²) < 4.78 is 1.84. The van der Waals surface area contributed by atoms with Gasteiger partial charge in [-0.05, 0) is 49.1 Å². The smallest absolute Gasteiger partial charge is 0.254 e. The molecule has 26 heavy (non-hydrogen) atoms. The first kappa shape index (κ1) is 16.5. The zero-order chi connectivity index (χ0) is 17.9. The Kier molecular flexibility index (Phi) is 4.52. The van der Waals surface area contributed by atoms with Gasteiger partial charge in [0.05, 0.1) is 11.7 Å². The molecule has 5 heteroatoms. The Morgan fingerprint density at radius 1 is 1.08 bits per heavy atom. The molecule has 4 rings (SSSR count). The standard InChI is InChI=1S/C21H22N4O/c1-24-15-18(16-10-12-22-13-11-16)20(23-24)19-9-5-6-14-25(19)21(26)17-7-3-2-4-8-17/h2-4,7-8,10-13,15,19H,5-6,9,14H2,1H3/t19-/m1/s1. The minimum absolute atomic E-state index is 0.000761. The van der Waals surface area contributed by atoms with E-state index in [1.807, 2.05) is 65.3 Å². The molecule has 1 aliphatic heterocycles. The molecule has 1 aliphatic rings. The first-order valence-electron chi connectivity index (χ1n) is 9.04. The molecule has 1 amide bonds. The Bertz CT molecular complexity index is 889. The summed E-state index contributed by atoms with van der Waals surface area (Å²) in [6, 6.07) is 13.5. The van der Waals surface area contributed by atoms with Gasteiger partial charge in [-0.25, -0.2) is 0 Å². The van der Waals surface area contributed by atoms with Crippen LogP contribution in [0.4, 0.5) is 0 Å². The predicted octanol–water partition coefficient (Wildman–Crippen LogP) is 3.85. The number of hydrogen-bond acceptors (Lipinski definition) is 3. The van der Waals surface area contributed by atoms with E-state index in [0.29, 0.717) is 0 Å². The van der Waals surface area contributed by atoms with Crippen LogP contribution >= 0.6 is 0 Å². The SMILES string of the molecule is Cn1cc(-c2ccncc2)c([C@H]2CCCCN2C(=O)c2ccccc2)n1. The minimum atomic E-state index is 0.000761. The fraction of sp³-hybridized carbons (Fsp3) is 0.286. The van der Waals surface area contributed by atoms with Crippen molar-refractivity contribution in [1.82, 2.24) is 19.7 Å². The first-order chi connectivity index (χ1) is 12.7. The van der Waals surface area contributed by atoms with Gasteiger partial charge in [0, 0.05) is 43.3 Å². The zero-order valence-corrected chi connectivity index (χ0v) is 14.9. The monoisotopic (exact) mass is 346 g/mol. The molecular weight excluding hydrogens is 324 g/mol. The predicted molar refractivity (Wildman–Crippen MR) is 101 cm³/mol. The van der Waals surface area contributed by atoms with Crippen LogP contribution in [0.25, 0.3) is 11.1 Å². The summed E-state index contributed by atoms with van der Waals surface area (Å²) in [5, 5.41) is 4.74. The summed E-state index contributed by atoms with van der Waals surface area (Å²) in [6.07, 6.45) is 8.69. The molecule has 0 aliphatic carbocycles. The van der Waals surface area contributed by atoms with Gasteiger partial charge in [-0.15, -0.1) is 0 Å². The Hall–Kier alpha value is -2.95. The third-order valence-electron chi connectivity index (χ3n) is 4.95. The van der Waals surface area contributed by atoms with Crippen LogP contribution in [-0.2, 0) is 7.05 Å². The van der Waals surface area contributed by atoms with Gasteiger partial charge in [-0.1, -0.05) is 18.2 Å². The van der Waals surface area contributed by atoms with Gasteiger partial charge in [0.25, 0.3) is 5.91 Å². The Morgan fingerprint density at radius 2 is 1.85 bits per heavy atom. The first-order valence-corrected chi connectivity index (χ1v) is 9.04. The van der Waals surface area contributed by atoms with Crippen molar-refractivity contribution in [2.45, 2.75) is 25.3 Å². The van der Waals surface area contributed by atoms with Gasteiger partial charge >= 0.3 is 0 Å². The van der Waals surface area contributed by atoms with Crippen LogP contribution in [0.3, 0.4) is 0 Å². The second-order valence-corrected chi connectivity index (χ2v) is 6.71. The van der Waals surface area contributed by atoms with Gasteiger partial charge in [-0.2, -0.15) is 5.10 Å². The van der Waals surface area contributed by atoms with Crippen molar-refractivity contribution in [1.29, 1.82) is 0 Å². The molecule has 3 aromatic rings. The molecule has 0 unspecified atom stereocenters. The zero-order valence-electron chi connectivity index (χ0n) is 14.9. The van der Waals surface area contributed by atoms with Crippen LogP contribution in [-0.4, -0.2) is 32.1 Å². The third kappa shape index (κ3) is 3.12. The summed E-state index contributed by atoms with van der Waals surface area (Å²) in [5.41, 5.74) is 3.87. The topological polar surface area (TPSA) is 51.0 Å². The van der Waals surface area contributed by atoms with E-state index in [1.54, 1.807) is 12.4 Å². The Labute approximate surface area is 153 Å². The molecule has 1 saturated heterocycles. The van der Waals surface area contributed by atoms with E-state index in [9.17, 15) is 4.79 Å². The van der Waals surface area contributed by atoms with Gasteiger partial charge in [0.1, 0.15) is 0 Å². The average molecular weight is 346 g/mol. The number of aromatic nitrogens is 3. The minimum Gasteiger partial charge on any atom is -0.330 e. The lowest BCUT2D eigenvalue weighted by atomic mass is 9.94. The largest absolute Gasteiger partial charge is 0.330 e. The number of amides is 1. The van der Waals surface area contributed by atoms with E-state index in [4.69, 9.17) is 5.10 Å². The van der Waals surface area contributed by atoms with E-state index < -0.39 is 0 Å². The molecule has 0 bridgehead atoms. The Balaban J connectivity index is 1.73. The second-order valence-electron chi connectivity index (χ2n) is 6.71. The van der Waals surface area contributed by atoms with Crippen molar-refractivity contribution in [2.24, 2.45) is 7.05 Å². The maximum atomic E-state index is 13.1. The molecule has 1 aromatic carbocycles. The highest BCUT2D eigenvalue weighted by Crippen LogP contribution is 2.36. The molecule has 3 heterocycles. The van der Waals surface area contributed by atoms with Crippen molar-refractivity contribution in [2.75, 3.05) is 6.54 Å². The number of hydrogen-bond donors (Lipinski definition) is 0. The summed E-state index contributed by atoms with van der Waals surface area (Å²) in [7, 11) is 1.93. The fourth-order valence-corrected chi connectivity index (χ4v) is 3.71. The fourth-order valence-electron chi connectivity index (χ4n) is 3.71. The molecule has 0 radical (unpaired) electrons. The number of aryl methyl sites for hydroxylation is 1. The summed E-state index contributed by atoms with van der Waals surface area (Å²) >= 11 is 0. The number of likely N-dealkylation sites (tertiary alicyclic amines) is 1. The quantitative estimate of drug-likeness (QED) is 0.724. The lowest BCUT2D eigenvalue weighted by Gasteiger charge is -2.35. The maximum Gasteiger partial charge on any atom is 0.254 e. The number of benzene rings is 1. The Morgan fingerprint density at radius 3 is 2.62 bits per heavy atom. The van der Waals surface area contributed by atoms with Crippen molar-refractivity contribution < 1.29 is 4.79 Å². The summed E-state index contributed by atoms with van der Waals surface area (Å²) in [6.45, 7) is 0.769. The number of pyridine rings is 1. The van der Waals surface area contributed by atoms with Crippen LogP contribution in [0, 0.1) is 0 Å². The normalized spacial score (nSPS) is 17.3. The second kappa shape index (κ2) is 7.12. The average Bonchev–Trinajstić information content (AvgIpc) is 3.10. The van der Waals surface area contributed by atoms with E-state index in [1.165, 1.54) is 0 Å². The molecule has 2 aromatic heterocycles. The van der Waals surface area contributed by atoms with E-state index in [-0.39, 0.29) is 11.9 Å². The number of rotatable bonds is 3. The van der Waals surface area contributed by atoms with Gasteiger partial charge in [0.2, 0.25) is 0 Å².